The molecule has 0 aromatic carbocycles. The van der Waals surface area contributed by atoms with E-state index in [4.69, 9.17) is 4.74 Å². The summed E-state index contributed by atoms with van der Waals surface area (Å²) >= 11 is 0. The molecule has 1 unspecified atom stereocenters. The minimum atomic E-state index is 0.364. The molecule has 18 heavy (non-hydrogen) atoms. The van der Waals surface area contributed by atoms with Gasteiger partial charge < -0.3 is 10.1 Å². The number of nitrogens with one attached hydrogen (secondary N) is 1. The van der Waals surface area contributed by atoms with Crippen molar-refractivity contribution in [1.29, 1.82) is 0 Å². The van der Waals surface area contributed by atoms with E-state index in [2.05, 4.69) is 24.2 Å². The lowest BCUT2D eigenvalue weighted by atomic mass is 9.81. The van der Waals surface area contributed by atoms with Crippen molar-refractivity contribution in [3.8, 4) is 0 Å². The lowest BCUT2D eigenvalue weighted by Gasteiger charge is -2.41. The Morgan fingerprint density at radius 1 is 1.39 bits per heavy atom. The van der Waals surface area contributed by atoms with Gasteiger partial charge in [0.2, 0.25) is 0 Å². The van der Waals surface area contributed by atoms with Gasteiger partial charge in [0.15, 0.2) is 0 Å². The molecule has 3 nitrogen and oxygen atoms in total. The lowest BCUT2D eigenvalue weighted by molar-refractivity contribution is -0.0269. The Hall–Kier alpha value is -0.120. The van der Waals surface area contributed by atoms with Crippen molar-refractivity contribution >= 4 is 0 Å². The molecule has 2 rings (SSSR count). The fourth-order valence-corrected chi connectivity index (χ4v) is 3.23. The summed E-state index contributed by atoms with van der Waals surface area (Å²) in [5.74, 6) is 0. The van der Waals surface area contributed by atoms with Gasteiger partial charge in [0.1, 0.15) is 0 Å². The monoisotopic (exact) mass is 254 g/mol. The van der Waals surface area contributed by atoms with E-state index < -0.39 is 0 Å². The van der Waals surface area contributed by atoms with Crippen LogP contribution in [0.15, 0.2) is 0 Å². The highest BCUT2D eigenvalue weighted by atomic mass is 16.5. The zero-order valence-corrected chi connectivity index (χ0v) is 12.2. The van der Waals surface area contributed by atoms with Crippen LogP contribution in [0.4, 0.5) is 0 Å². The van der Waals surface area contributed by atoms with Crippen LogP contribution in [-0.4, -0.2) is 50.8 Å². The summed E-state index contributed by atoms with van der Waals surface area (Å²) in [6.45, 7) is 7.82. The Bertz CT molecular complexity index is 229. The van der Waals surface area contributed by atoms with Crippen LogP contribution in [0.1, 0.15) is 45.4 Å². The van der Waals surface area contributed by atoms with Crippen molar-refractivity contribution in [3.63, 3.8) is 0 Å². The third-order valence-corrected chi connectivity index (χ3v) is 4.36. The van der Waals surface area contributed by atoms with Crippen molar-refractivity contribution in [1.82, 2.24) is 10.2 Å². The minimum absolute atomic E-state index is 0.364. The minimum Gasteiger partial charge on any atom is -0.381 e. The zero-order valence-electron chi connectivity index (χ0n) is 12.2. The zero-order chi connectivity index (χ0) is 12.8. The second-order valence-electron chi connectivity index (χ2n) is 6.24. The number of hydrogen-bond donors (Lipinski definition) is 1. The lowest BCUT2D eigenvalue weighted by Crippen LogP contribution is -2.49. The average molecular weight is 254 g/mol. The van der Waals surface area contributed by atoms with E-state index in [-0.39, 0.29) is 0 Å². The first-order valence-electron chi connectivity index (χ1n) is 7.76. The Kier molecular flexibility index (Phi) is 5.46. The predicted molar refractivity (Wildman–Crippen MR) is 75.9 cm³/mol. The molecule has 0 aromatic rings. The van der Waals surface area contributed by atoms with Gasteiger partial charge in [-0.3, -0.25) is 4.90 Å². The standard InChI is InChI=1S/C15H30N2O/c1-3-4-9-17(14-6-7-14)12-15(11-16-2)8-5-10-18-13-15/h14,16H,3-13H2,1-2H3. The van der Waals surface area contributed by atoms with Crippen molar-refractivity contribution in [2.75, 3.05) is 39.9 Å². The van der Waals surface area contributed by atoms with Crippen LogP contribution in [0.5, 0.6) is 0 Å². The highest BCUT2D eigenvalue weighted by Gasteiger charge is 2.38. The number of nitrogens with zero attached hydrogens (tertiary/aromatic N) is 1. The summed E-state index contributed by atoms with van der Waals surface area (Å²) in [7, 11) is 2.07. The van der Waals surface area contributed by atoms with Crippen LogP contribution in [0.2, 0.25) is 0 Å². The first kappa shape index (κ1) is 14.3. The summed E-state index contributed by atoms with van der Waals surface area (Å²) in [5, 5.41) is 3.39. The summed E-state index contributed by atoms with van der Waals surface area (Å²) in [4.78, 5) is 2.75. The van der Waals surface area contributed by atoms with Gasteiger partial charge in [-0.25, -0.2) is 0 Å². The average Bonchev–Trinajstić information content (AvgIpc) is 3.20. The largest absolute Gasteiger partial charge is 0.381 e. The molecule has 1 atom stereocenters. The van der Waals surface area contributed by atoms with Crippen molar-refractivity contribution < 1.29 is 4.74 Å². The van der Waals surface area contributed by atoms with E-state index in [1.807, 2.05) is 0 Å². The van der Waals surface area contributed by atoms with Gasteiger partial charge >= 0.3 is 0 Å². The topological polar surface area (TPSA) is 24.5 Å². The number of unbranched alkanes of at least 4 members (excludes halogenated alkanes) is 1. The number of ether oxygens (including phenoxy) is 1. The van der Waals surface area contributed by atoms with Gasteiger partial charge in [0.05, 0.1) is 6.61 Å². The molecule has 0 amide bonds. The van der Waals surface area contributed by atoms with Crippen molar-refractivity contribution in [2.45, 2.75) is 51.5 Å². The van der Waals surface area contributed by atoms with Crippen LogP contribution >= 0.6 is 0 Å². The molecule has 0 radical (unpaired) electrons. The van der Waals surface area contributed by atoms with E-state index in [1.165, 1.54) is 51.6 Å². The maximum Gasteiger partial charge on any atom is 0.0546 e. The third kappa shape index (κ3) is 3.94. The third-order valence-electron chi connectivity index (χ3n) is 4.36. The summed E-state index contributed by atoms with van der Waals surface area (Å²) < 4.78 is 5.78. The van der Waals surface area contributed by atoms with E-state index >= 15 is 0 Å². The Morgan fingerprint density at radius 2 is 2.22 bits per heavy atom. The highest BCUT2D eigenvalue weighted by Crippen LogP contribution is 2.34. The van der Waals surface area contributed by atoms with Gasteiger partial charge in [-0.15, -0.1) is 0 Å². The van der Waals surface area contributed by atoms with Gasteiger partial charge in [-0.2, -0.15) is 0 Å². The van der Waals surface area contributed by atoms with Crippen LogP contribution in [-0.2, 0) is 4.74 Å². The Labute approximate surface area is 112 Å². The smallest absolute Gasteiger partial charge is 0.0546 e. The summed E-state index contributed by atoms with van der Waals surface area (Å²) in [6.07, 6.45) is 8.03. The fourth-order valence-electron chi connectivity index (χ4n) is 3.23. The van der Waals surface area contributed by atoms with Crippen molar-refractivity contribution in [2.24, 2.45) is 5.41 Å². The second-order valence-corrected chi connectivity index (χ2v) is 6.24. The van der Waals surface area contributed by atoms with E-state index in [9.17, 15) is 0 Å². The molecule has 1 aliphatic heterocycles. The maximum atomic E-state index is 5.78. The van der Waals surface area contributed by atoms with Crippen LogP contribution < -0.4 is 5.32 Å². The SMILES string of the molecule is CCCCN(CC1(CNC)CCCOC1)C1CC1. The van der Waals surface area contributed by atoms with Gasteiger partial charge in [0.25, 0.3) is 0 Å². The van der Waals surface area contributed by atoms with Crippen molar-refractivity contribution in [3.05, 3.63) is 0 Å². The predicted octanol–water partition coefficient (Wildman–Crippen LogP) is 2.27. The normalized spacial score (nSPS) is 28.8. The van der Waals surface area contributed by atoms with E-state index in [0.29, 0.717) is 5.41 Å². The Morgan fingerprint density at radius 3 is 2.78 bits per heavy atom. The molecule has 0 spiro atoms. The molecule has 1 heterocycles. The molecular weight excluding hydrogens is 224 g/mol. The number of rotatable bonds is 8. The van der Waals surface area contributed by atoms with E-state index in [1.54, 1.807) is 0 Å². The van der Waals surface area contributed by atoms with Crippen LogP contribution in [0.25, 0.3) is 0 Å². The molecule has 1 saturated heterocycles. The molecule has 0 aromatic heterocycles. The molecule has 3 heteroatoms. The molecule has 106 valence electrons. The molecule has 2 aliphatic rings. The molecule has 0 bridgehead atoms. The molecule has 1 aliphatic carbocycles. The van der Waals surface area contributed by atoms with Crippen LogP contribution in [0.3, 0.4) is 0 Å². The number of hydrogen-bond acceptors (Lipinski definition) is 3. The molecule has 1 saturated carbocycles. The Balaban J connectivity index is 1.91. The maximum absolute atomic E-state index is 5.78. The quantitative estimate of drug-likeness (QED) is 0.719. The highest BCUT2D eigenvalue weighted by molar-refractivity contribution is 4.92. The molecule has 2 fully saturated rings. The van der Waals surface area contributed by atoms with Gasteiger partial charge in [-0.1, -0.05) is 13.3 Å². The summed E-state index contributed by atoms with van der Waals surface area (Å²) in [5.41, 5.74) is 0.364. The van der Waals surface area contributed by atoms with Gasteiger partial charge in [-0.05, 0) is 45.7 Å². The summed E-state index contributed by atoms with van der Waals surface area (Å²) in [6, 6.07) is 0.882. The van der Waals surface area contributed by atoms with E-state index in [0.717, 1.165) is 25.8 Å². The van der Waals surface area contributed by atoms with Crippen LogP contribution in [0, 0.1) is 5.41 Å². The molecule has 1 N–H and O–H groups in total. The first-order chi connectivity index (χ1) is 8.79. The first-order valence-corrected chi connectivity index (χ1v) is 7.76. The molecular formula is C15H30N2O. The van der Waals surface area contributed by atoms with Gasteiger partial charge in [0, 0.05) is 31.2 Å². The second kappa shape index (κ2) is 6.88. The fraction of sp³-hybridized carbons (Fsp3) is 1.00.